The van der Waals surface area contributed by atoms with Gasteiger partial charge in [0.2, 0.25) is 0 Å². The number of rotatable bonds is 3. The van der Waals surface area contributed by atoms with Crippen LogP contribution in [-0.4, -0.2) is 18.2 Å². The maximum atomic E-state index is 10.8. The van der Waals surface area contributed by atoms with E-state index in [1.807, 2.05) is 36.4 Å². The Labute approximate surface area is 105 Å². The average molecular weight is 242 g/mol. The molecule has 2 rings (SSSR count). The minimum Gasteiger partial charge on any atom is -0.496 e. The Kier molecular flexibility index (Phi) is 3.33. The molecule has 2 aromatic rings. The predicted octanol–water partition coefficient (Wildman–Crippen LogP) is 3.34. The predicted molar refractivity (Wildman–Crippen MR) is 71.8 cm³/mol. The fraction of sp³-hybridized carbons (Fsp3) is 0.133. The van der Waals surface area contributed by atoms with Gasteiger partial charge in [-0.2, -0.15) is 0 Å². The largest absolute Gasteiger partial charge is 0.496 e. The Bertz CT molecular complexity index is 627. The van der Waals surface area contributed by atoms with Crippen LogP contribution in [0.25, 0.3) is 16.3 Å². The highest BCUT2D eigenvalue weighted by atomic mass is 16.5. The lowest BCUT2D eigenvalue weighted by Crippen LogP contribution is -1.95. The minimum absolute atomic E-state index is 0.677. The zero-order chi connectivity index (χ0) is 13.1. The van der Waals surface area contributed by atoms with E-state index in [0.29, 0.717) is 11.3 Å². The van der Waals surface area contributed by atoms with E-state index in [-0.39, 0.29) is 0 Å². The quantitative estimate of drug-likeness (QED) is 0.840. The Morgan fingerprint density at radius 1 is 1.22 bits per heavy atom. The van der Waals surface area contributed by atoms with Gasteiger partial charge < -0.3 is 9.84 Å². The van der Waals surface area contributed by atoms with Crippen LogP contribution in [0.15, 0.2) is 42.5 Å². The van der Waals surface area contributed by atoms with Crippen molar-refractivity contribution in [3.05, 3.63) is 48.0 Å². The van der Waals surface area contributed by atoms with Gasteiger partial charge >= 0.3 is 5.97 Å². The minimum atomic E-state index is -0.956. The number of carboxylic acids is 1. The molecule has 0 saturated carbocycles. The molecule has 0 unspecified atom stereocenters. The topological polar surface area (TPSA) is 46.5 Å². The molecule has 0 spiro atoms. The van der Waals surface area contributed by atoms with Crippen LogP contribution in [0.4, 0.5) is 0 Å². The third-order valence-corrected chi connectivity index (χ3v) is 2.85. The lowest BCUT2D eigenvalue weighted by atomic mass is 9.98. The van der Waals surface area contributed by atoms with E-state index in [0.717, 1.165) is 16.3 Å². The summed E-state index contributed by atoms with van der Waals surface area (Å²) in [4.78, 5) is 10.8. The first kappa shape index (κ1) is 12.2. The number of aliphatic carboxylic acids is 1. The van der Waals surface area contributed by atoms with E-state index in [2.05, 4.69) is 0 Å². The van der Waals surface area contributed by atoms with Crippen molar-refractivity contribution in [1.82, 2.24) is 0 Å². The van der Waals surface area contributed by atoms with Crippen molar-refractivity contribution in [2.45, 2.75) is 6.92 Å². The van der Waals surface area contributed by atoms with Crippen molar-refractivity contribution in [2.24, 2.45) is 0 Å². The Morgan fingerprint density at radius 2 is 1.94 bits per heavy atom. The van der Waals surface area contributed by atoms with Gasteiger partial charge in [0.05, 0.1) is 7.11 Å². The SMILES string of the molecule is COc1ccc2ccccc2c1C(C)=CC(=O)O. The number of hydrogen-bond donors (Lipinski definition) is 1. The molecule has 0 radical (unpaired) electrons. The van der Waals surface area contributed by atoms with Crippen LogP contribution in [-0.2, 0) is 4.79 Å². The number of benzene rings is 2. The maximum absolute atomic E-state index is 10.8. The maximum Gasteiger partial charge on any atom is 0.328 e. The smallest absolute Gasteiger partial charge is 0.328 e. The molecule has 18 heavy (non-hydrogen) atoms. The van der Waals surface area contributed by atoms with E-state index in [9.17, 15) is 4.79 Å². The molecule has 92 valence electrons. The summed E-state index contributed by atoms with van der Waals surface area (Å²) in [5.41, 5.74) is 1.51. The van der Waals surface area contributed by atoms with Crippen LogP contribution in [0.3, 0.4) is 0 Å². The molecule has 2 aromatic carbocycles. The van der Waals surface area contributed by atoms with Crippen molar-refractivity contribution in [3.63, 3.8) is 0 Å². The number of hydrogen-bond acceptors (Lipinski definition) is 2. The Morgan fingerprint density at radius 3 is 2.61 bits per heavy atom. The van der Waals surface area contributed by atoms with Crippen molar-refractivity contribution in [1.29, 1.82) is 0 Å². The second-order valence-electron chi connectivity index (χ2n) is 4.03. The van der Waals surface area contributed by atoms with E-state index >= 15 is 0 Å². The summed E-state index contributed by atoms with van der Waals surface area (Å²) in [6.07, 6.45) is 1.20. The van der Waals surface area contributed by atoms with Crippen LogP contribution in [0, 0.1) is 0 Å². The molecule has 0 amide bonds. The van der Waals surface area contributed by atoms with Crippen LogP contribution in [0.1, 0.15) is 12.5 Å². The number of carbonyl (C=O) groups is 1. The molecule has 0 heterocycles. The molecule has 0 bridgehead atoms. The Balaban J connectivity index is 2.76. The number of carboxylic acid groups (broad SMARTS) is 1. The highest BCUT2D eigenvalue weighted by molar-refractivity contribution is 6.00. The van der Waals surface area contributed by atoms with Gasteiger partial charge in [-0.3, -0.25) is 0 Å². The summed E-state index contributed by atoms with van der Waals surface area (Å²) in [6, 6.07) is 11.7. The Hall–Kier alpha value is -2.29. The standard InChI is InChI=1S/C15H14O3/c1-10(9-14(16)17)15-12-6-4-3-5-11(12)7-8-13(15)18-2/h3-9H,1-2H3,(H,16,17). The van der Waals surface area contributed by atoms with Crippen molar-refractivity contribution in [2.75, 3.05) is 7.11 Å². The third-order valence-electron chi connectivity index (χ3n) is 2.85. The normalized spacial score (nSPS) is 11.6. The zero-order valence-electron chi connectivity index (χ0n) is 10.3. The number of fused-ring (bicyclic) bond motifs is 1. The first-order chi connectivity index (χ1) is 8.63. The lowest BCUT2D eigenvalue weighted by Gasteiger charge is -2.12. The van der Waals surface area contributed by atoms with Gasteiger partial charge in [0.15, 0.2) is 0 Å². The molecule has 0 aliphatic rings. The molecular formula is C15H14O3. The first-order valence-corrected chi connectivity index (χ1v) is 5.61. The molecule has 3 nitrogen and oxygen atoms in total. The first-order valence-electron chi connectivity index (χ1n) is 5.61. The van der Waals surface area contributed by atoms with E-state index in [1.165, 1.54) is 6.08 Å². The second-order valence-corrected chi connectivity index (χ2v) is 4.03. The summed E-state index contributed by atoms with van der Waals surface area (Å²) < 4.78 is 5.32. The van der Waals surface area contributed by atoms with Gasteiger partial charge in [-0.15, -0.1) is 0 Å². The van der Waals surface area contributed by atoms with Gasteiger partial charge in [0.1, 0.15) is 5.75 Å². The molecule has 0 saturated heterocycles. The van der Waals surface area contributed by atoms with Crippen LogP contribution in [0.5, 0.6) is 5.75 Å². The average Bonchev–Trinajstić information content (AvgIpc) is 2.36. The monoisotopic (exact) mass is 242 g/mol. The van der Waals surface area contributed by atoms with Gasteiger partial charge in [-0.25, -0.2) is 4.79 Å². The molecule has 0 aliphatic carbocycles. The number of ether oxygens (including phenoxy) is 1. The summed E-state index contributed by atoms with van der Waals surface area (Å²) >= 11 is 0. The molecule has 0 fully saturated rings. The lowest BCUT2D eigenvalue weighted by molar-refractivity contribution is -0.131. The highest BCUT2D eigenvalue weighted by Gasteiger charge is 2.10. The van der Waals surface area contributed by atoms with Crippen molar-refractivity contribution in [3.8, 4) is 5.75 Å². The van der Waals surface area contributed by atoms with E-state index in [4.69, 9.17) is 9.84 Å². The highest BCUT2D eigenvalue weighted by Crippen LogP contribution is 2.33. The third kappa shape index (κ3) is 2.20. The molecule has 1 N–H and O–H groups in total. The van der Waals surface area contributed by atoms with E-state index < -0.39 is 5.97 Å². The summed E-state index contributed by atoms with van der Waals surface area (Å²) in [5, 5.41) is 10.9. The summed E-state index contributed by atoms with van der Waals surface area (Å²) in [5.74, 6) is -0.272. The van der Waals surface area contributed by atoms with Crippen LogP contribution in [0.2, 0.25) is 0 Å². The fourth-order valence-corrected chi connectivity index (χ4v) is 2.09. The molecule has 0 aromatic heterocycles. The molecular weight excluding hydrogens is 228 g/mol. The van der Waals surface area contributed by atoms with Gasteiger partial charge in [0, 0.05) is 11.6 Å². The molecule has 0 aliphatic heterocycles. The number of allylic oxidation sites excluding steroid dienone is 1. The van der Waals surface area contributed by atoms with Crippen molar-refractivity contribution >= 4 is 22.3 Å². The van der Waals surface area contributed by atoms with Crippen LogP contribution >= 0.6 is 0 Å². The van der Waals surface area contributed by atoms with Crippen LogP contribution < -0.4 is 4.74 Å². The van der Waals surface area contributed by atoms with E-state index in [1.54, 1.807) is 14.0 Å². The zero-order valence-corrected chi connectivity index (χ0v) is 10.3. The van der Waals surface area contributed by atoms with Gasteiger partial charge in [-0.05, 0) is 29.3 Å². The number of methoxy groups -OCH3 is 1. The molecule has 0 atom stereocenters. The van der Waals surface area contributed by atoms with Crippen molar-refractivity contribution < 1.29 is 14.6 Å². The molecule has 3 heteroatoms. The van der Waals surface area contributed by atoms with Gasteiger partial charge in [-0.1, -0.05) is 30.3 Å². The fourth-order valence-electron chi connectivity index (χ4n) is 2.09. The summed E-state index contributed by atoms with van der Waals surface area (Å²) in [7, 11) is 1.58. The summed E-state index contributed by atoms with van der Waals surface area (Å²) in [6.45, 7) is 1.78. The van der Waals surface area contributed by atoms with Gasteiger partial charge in [0.25, 0.3) is 0 Å². The second kappa shape index (κ2) is 4.92.